The molecule has 1 unspecified atom stereocenters. The maximum absolute atomic E-state index is 13.3. The summed E-state index contributed by atoms with van der Waals surface area (Å²) < 4.78 is 0. The van der Waals surface area contributed by atoms with Crippen LogP contribution >= 0.6 is 0 Å². The predicted molar refractivity (Wildman–Crippen MR) is 127 cm³/mol. The van der Waals surface area contributed by atoms with Gasteiger partial charge in [-0.15, -0.1) is 0 Å². The van der Waals surface area contributed by atoms with Crippen molar-refractivity contribution in [2.75, 3.05) is 26.2 Å². The maximum atomic E-state index is 13.3. The molecule has 2 aliphatic rings. The van der Waals surface area contributed by atoms with Crippen LogP contribution in [0.1, 0.15) is 42.4 Å². The van der Waals surface area contributed by atoms with Gasteiger partial charge >= 0.3 is 0 Å². The molecule has 0 radical (unpaired) electrons. The molecule has 1 saturated heterocycles. The van der Waals surface area contributed by atoms with E-state index in [1.165, 1.54) is 18.4 Å². The highest BCUT2D eigenvalue weighted by atomic mass is 16.2. The molecule has 5 heteroatoms. The van der Waals surface area contributed by atoms with Gasteiger partial charge in [0.15, 0.2) is 0 Å². The minimum atomic E-state index is -0.0892. The second-order valence-electron chi connectivity index (χ2n) is 9.28. The maximum Gasteiger partial charge on any atom is 0.237 e. The van der Waals surface area contributed by atoms with Crippen molar-refractivity contribution in [1.29, 1.82) is 0 Å². The summed E-state index contributed by atoms with van der Waals surface area (Å²) in [4.78, 5) is 30.3. The second-order valence-corrected chi connectivity index (χ2v) is 9.28. The van der Waals surface area contributed by atoms with Gasteiger partial charge in [0.2, 0.25) is 11.8 Å². The SMILES string of the molecule is Cc1cccc(CNC(=O)C(C2CCCC2)N2CCN(C(=O)Cc3ccccc3)CC2)c1. The third kappa shape index (κ3) is 5.77. The zero-order valence-electron chi connectivity index (χ0n) is 19.1. The van der Waals surface area contributed by atoms with E-state index in [2.05, 4.69) is 35.3 Å². The van der Waals surface area contributed by atoms with E-state index >= 15 is 0 Å². The molecular formula is C27H35N3O2. The fourth-order valence-electron chi connectivity index (χ4n) is 5.20. The van der Waals surface area contributed by atoms with E-state index in [0.717, 1.165) is 37.1 Å². The van der Waals surface area contributed by atoms with E-state index in [0.29, 0.717) is 32.0 Å². The highest BCUT2D eigenvalue weighted by Crippen LogP contribution is 2.31. The standard InChI is InChI=1S/C27H35N3O2/c1-21-8-7-11-23(18-21)20-28-27(32)26(24-12-5-6-13-24)30-16-14-29(15-17-30)25(31)19-22-9-3-2-4-10-22/h2-4,7-11,18,24,26H,5-6,12-17,19-20H2,1H3,(H,28,32). The largest absolute Gasteiger partial charge is 0.351 e. The van der Waals surface area contributed by atoms with Crippen LogP contribution in [-0.2, 0) is 22.6 Å². The van der Waals surface area contributed by atoms with Gasteiger partial charge in [-0.05, 0) is 36.8 Å². The van der Waals surface area contributed by atoms with Crippen molar-refractivity contribution in [2.24, 2.45) is 5.92 Å². The van der Waals surface area contributed by atoms with Crippen molar-refractivity contribution in [3.05, 3.63) is 71.3 Å². The summed E-state index contributed by atoms with van der Waals surface area (Å²) in [7, 11) is 0. The van der Waals surface area contributed by atoms with E-state index < -0.39 is 0 Å². The van der Waals surface area contributed by atoms with Gasteiger partial charge < -0.3 is 10.2 Å². The molecule has 0 spiro atoms. The zero-order chi connectivity index (χ0) is 22.3. The van der Waals surface area contributed by atoms with Crippen molar-refractivity contribution >= 4 is 11.8 Å². The van der Waals surface area contributed by atoms with Crippen LogP contribution in [0.4, 0.5) is 0 Å². The Morgan fingerprint density at radius 3 is 2.31 bits per heavy atom. The molecule has 4 rings (SSSR count). The van der Waals surface area contributed by atoms with Crippen LogP contribution in [0.25, 0.3) is 0 Å². The van der Waals surface area contributed by atoms with Crippen LogP contribution < -0.4 is 5.32 Å². The quantitative estimate of drug-likeness (QED) is 0.727. The minimum absolute atomic E-state index is 0.0892. The van der Waals surface area contributed by atoms with E-state index in [4.69, 9.17) is 0 Å². The molecule has 32 heavy (non-hydrogen) atoms. The lowest BCUT2D eigenvalue weighted by Crippen LogP contribution is -2.58. The first-order valence-electron chi connectivity index (χ1n) is 12.0. The molecule has 0 aromatic heterocycles. The Kier molecular flexibility index (Phi) is 7.59. The van der Waals surface area contributed by atoms with Crippen molar-refractivity contribution in [3.63, 3.8) is 0 Å². The fourth-order valence-corrected chi connectivity index (χ4v) is 5.20. The van der Waals surface area contributed by atoms with Gasteiger partial charge in [0.1, 0.15) is 0 Å². The van der Waals surface area contributed by atoms with Crippen LogP contribution in [-0.4, -0.2) is 53.8 Å². The monoisotopic (exact) mass is 433 g/mol. The Balaban J connectivity index is 1.35. The molecule has 1 atom stereocenters. The van der Waals surface area contributed by atoms with Crippen molar-refractivity contribution < 1.29 is 9.59 Å². The molecule has 1 aliphatic heterocycles. The molecule has 0 bridgehead atoms. The van der Waals surface area contributed by atoms with E-state index in [-0.39, 0.29) is 17.9 Å². The van der Waals surface area contributed by atoms with Gasteiger partial charge in [-0.3, -0.25) is 14.5 Å². The second kappa shape index (κ2) is 10.8. The van der Waals surface area contributed by atoms with Gasteiger partial charge in [-0.2, -0.15) is 0 Å². The zero-order valence-corrected chi connectivity index (χ0v) is 19.1. The Labute approximate surface area is 191 Å². The Hall–Kier alpha value is -2.66. The number of hydrogen-bond donors (Lipinski definition) is 1. The summed E-state index contributed by atoms with van der Waals surface area (Å²) in [5.74, 6) is 0.735. The molecular weight excluding hydrogens is 398 g/mol. The van der Waals surface area contributed by atoms with E-state index in [9.17, 15) is 9.59 Å². The lowest BCUT2D eigenvalue weighted by atomic mass is 9.94. The van der Waals surface area contributed by atoms with Crippen LogP contribution in [0.3, 0.4) is 0 Å². The Bertz CT molecular complexity index is 900. The van der Waals surface area contributed by atoms with Gasteiger partial charge in [0.05, 0.1) is 12.5 Å². The summed E-state index contributed by atoms with van der Waals surface area (Å²) in [5.41, 5.74) is 3.40. The average molecular weight is 434 g/mol. The van der Waals surface area contributed by atoms with E-state index in [1.54, 1.807) is 0 Å². The van der Waals surface area contributed by atoms with Crippen LogP contribution in [0, 0.1) is 12.8 Å². The number of aryl methyl sites for hydroxylation is 1. The highest BCUT2D eigenvalue weighted by Gasteiger charge is 2.37. The Morgan fingerprint density at radius 1 is 0.938 bits per heavy atom. The third-order valence-electron chi connectivity index (χ3n) is 6.92. The smallest absolute Gasteiger partial charge is 0.237 e. The van der Waals surface area contributed by atoms with Crippen LogP contribution in [0.15, 0.2) is 54.6 Å². The minimum Gasteiger partial charge on any atom is -0.351 e. The number of rotatable bonds is 7. The van der Waals surface area contributed by atoms with Gasteiger partial charge in [0, 0.05) is 32.7 Å². The molecule has 2 aromatic carbocycles. The topological polar surface area (TPSA) is 52.7 Å². The molecule has 1 saturated carbocycles. The lowest BCUT2D eigenvalue weighted by molar-refractivity contribution is -0.134. The number of carbonyl (C=O) groups excluding carboxylic acids is 2. The number of nitrogens with one attached hydrogen (secondary N) is 1. The lowest BCUT2D eigenvalue weighted by Gasteiger charge is -2.40. The predicted octanol–water partition coefficient (Wildman–Crippen LogP) is 3.56. The van der Waals surface area contributed by atoms with Crippen LogP contribution in [0.2, 0.25) is 0 Å². The Morgan fingerprint density at radius 2 is 1.62 bits per heavy atom. The summed E-state index contributed by atoms with van der Waals surface area (Å²) >= 11 is 0. The number of piperazine rings is 1. The molecule has 2 fully saturated rings. The number of hydrogen-bond acceptors (Lipinski definition) is 3. The summed E-state index contributed by atoms with van der Waals surface area (Å²) in [6, 6.07) is 18.1. The first-order chi connectivity index (χ1) is 15.6. The highest BCUT2D eigenvalue weighted by molar-refractivity contribution is 5.82. The van der Waals surface area contributed by atoms with Gasteiger partial charge in [-0.25, -0.2) is 0 Å². The molecule has 5 nitrogen and oxygen atoms in total. The van der Waals surface area contributed by atoms with Crippen molar-refractivity contribution in [3.8, 4) is 0 Å². The van der Waals surface area contributed by atoms with Crippen molar-refractivity contribution in [1.82, 2.24) is 15.1 Å². The fraction of sp³-hybridized carbons (Fsp3) is 0.481. The third-order valence-corrected chi connectivity index (χ3v) is 6.92. The van der Waals surface area contributed by atoms with Gasteiger partial charge in [0.25, 0.3) is 0 Å². The average Bonchev–Trinajstić information content (AvgIpc) is 3.33. The molecule has 170 valence electrons. The molecule has 2 amide bonds. The van der Waals surface area contributed by atoms with Crippen molar-refractivity contribution in [2.45, 2.75) is 51.6 Å². The number of amides is 2. The number of nitrogens with zero attached hydrogens (tertiary/aromatic N) is 2. The summed E-state index contributed by atoms with van der Waals surface area (Å²) in [5, 5.41) is 3.21. The number of carbonyl (C=O) groups is 2. The number of benzene rings is 2. The summed E-state index contributed by atoms with van der Waals surface area (Å²) in [6.07, 6.45) is 5.11. The first-order valence-corrected chi connectivity index (χ1v) is 12.0. The molecule has 1 aliphatic carbocycles. The molecule has 1 heterocycles. The van der Waals surface area contributed by atoms with E-state index in [1.807, 2.05) is 41.3 Å². The van der Waals surface area contributed by atoms with Crippen LogP contribution in [0.5, 0.6) is 0 Å². The summed E-state index contributed by atoms with van der Waals surface area (Å²) in [6.45, 7) is 5.56. The first kappa shape index (κ1) is 22.5. The normalized spacial score (nSPS) is 18.5. The molecule has 2 aromatic rings. The molecule has 1 N–H and O–H groups in total. The van der Waals surface area contributed by atoms with Gasteiger partial charge in [-0.1, -0.05) is 73.0 Å².